The van der Waals surface area contributed by atoms with E-state index in [1.165, 1.54) is 5.56 Å². The van der Waals surface area contributed by atoms with Crippen molar-refractivity contribution in [2.75, 3.05) is 6.54 Å². The summed E-state index contributed by atoms with van der Waals surface area (Å²) >= 11 is 0. The molecule has 1 aromatic heterocycles. The van der Waals surface area contributed by atoms with Crippen LogP contribution in [-0.2, 0) is 0 Å². The van der Waals surface area contributed by atoms with Crippen molar-refractivity contribution in [1.82, 2.24) is 4.98 Å². The van der Waals surface area contributed by atoms with Gasteiger partial charge >= 0.3 is 0 Å². The minimum atomic E-state index is -0.125. The normalized spacial score (nSPS) is 12.1. The van der Waals surface area contributed by atoms with E-state index in [9.17, 15) is 0 Å². The van der Waals surface area contributed by atoms with Gasteiger partial charge in [0.05, 0.1) is 0 Å². The molecule has 3 nitrogen and oxygen atoms in total. The zero-order chi connectivity index (χ0) is 12.1. The lowest BCUT2D eigenvalue weighted by Gasteiger charge is -2.17. The summed E-state index contributed by atoms with van der Waals surface area (Å²) in [6.07, 6.45) is 3.37. The number of benzene rings is 1. The number of hydrogen-bond acceptors (Lipinski definition) is 3. The van der Waals surface area contributed by atoms with Crippen LogP contribution in [0.1, 0.15) is 17.2 Å². The van der Waals surface area contributed by atoms with E-state index in [1.807, 2.05) is 43.3 Å². The quantitative estimate of drug-likeness (QED) is 0.874. The lowest BCUT2D eigenvalue weighted by atomic mass is 10.1. The Kier molecular flexibility index (Phi) is 3.73. The number of nitrogens with zero attached hydrogens (tertiary/aromatic N) is 1. The summed E-state index contributed by atoms with van der Waals surface area (Å²) in [5.41, 5.74) is 7.96. The largest absolute Gasteiger partial charge is 0.484 e. The maximum atomic E-state index is 5.88. The van der Waals surface area contributed by atoms with Crippen LogP contribution in [0.25, 0.3) is 0 Å². The molecular weight excluding hydrogens is 212 g/mol. The molecular formula is C14H16N2O. The van der Waals surface area contributed by atoms with Crippen LogP contribution in [0.2, 0.25) is 0 Å². The number of ether oxygens (including phenoxy) is 1. The lowest BCUT2D eigenvalue weighted by molar-refractivity contribution is 0.214. The Morgan fingerprint density at radius 1 is 1.24 bits per heavy atom. The van der Waals surface area contributed by atoms with Crippen LogP contribution < -0.4 is 10.5 Å². The molecule has 1 aromatic carbocycles. The van der Waals surface area contributed by atoms with Crippen molar-refractivity contribution in [3.8, 4) is 5.75 Å². The van der Waals surface area contributed by atoms with Crippen molar-refractivity contribution in [2.45, 2.75) is 13.0 Å². The molecule has 2 aromatic rings. The van der Waals surface area contributed by atoms with E-state index in [1.54, 1.807) is 12.4 Å². The highest BCUT2D eigenvalue weighted by Gasteiger charge is 2.10. The molecule has 2 N–H and O–H groups in total. The molecule has 88 valence electrons. The number of aryl methyl sites for hydroxylation is 1. The molecule has 3 heteroatoms. The van der Waals surface area contributed by atoms with Crippen LogP contribution in [0.4, 0.5) is 0 Å². The first-order valence-corrected chi connectivity index (χ1v) is 5.63. The minimum Gasteiger partial charge on any atom is -0.484 e. The average molecular weight is 228 g/mol. The molecule has 0 aliphatic carbocycles. The molecule has 1 unspecified atom stereocenters. The first-order chi connectivity index (χ1) is 8.29. The molecule has 0 fully saturated rings. The lowest BCUT2D eigenvalue weighted by Crippen LogP contribution is -2.18. The van der Waals surface area contributed by atoms with Gasteiger partial charge in [0.25, 0.3) is 0 Å². The van der Waals surface area contributed by atoms with Gasteiger partial charge in [0.2, 0.25) is 0 Å². The fourth-order valence-electron chi connectivity index (χ4n) is 1.68. The van der Waals surface area contributed by atoms with Crippen LogP contribution in [0.15, 0.2) is 48.8 Å². The van der Waals surface area contributed by atoms with E-state index in [-0.39, 0.29) is 6.10 Å². The van der Waals surface area contributed by atoms with Gasteiger partial charge in [0.1, 0.15) is 11.9 Å². The third-order valence-electron chi connectivity index (χ3n) is 2.56. The third-order valence-corrected chi connectivity index (χ3v) is 2.56. The highest BCUT2D eigenvalue weighted by Crippen LogP contribution is 2.21. The van der Waals surface area contributed by atoms with Crippen LogP contribution in [0.3, 0.4) is 0 Å². The Labute approximate surface area is 101 Å². The predicted octanol–water partition coefficient (Wildman–Crippen LogP) is 2.47. The maximum absolute atomic E-state index is 5.88. The SMILES string of the molecule is Cc1cccc(OC(CN)c2ccncc2)c1. The average Bonchev–Trinajstić information content (AvgIpc) is 2.37. The molecule has 0 spiro atoms. The zero-order valence-electron chi connectivity index (χ0n) is 9.84. The van der Waals surface area contributed by atoms with Gasteiger partial charge in [-0.05, 0) is 42.3 Å². The summed E-state index contributed by atoms with van der Waals surface area (Å²) in [6, 6.07) is 11.8. The van der Waals surface area contributed by atoms with Crippen molar-refractivity contribution in [3.05, 3.63) is 59.9 Å². The molecule has 0 saturated heterocycles. The van der Waals surface area contributed by atoms with Gasteiger partial charge in [0.15, 0.2) is 0 Å². The maximum Gasteiger partial charge on any atom is 0.136 e. The Morgan fingerprint density at radius 3 is 2.65 bits per heavy atom. The second kappa shape index (κ2) is 5.46. The topological polar surface area (TPSA) is 48.1 Å². The van der Waals surface area contributed by atoms with Crippen molar-refractivity contribution in [1.29, 1.82) is 0 Å². The second-order valence-corrected chi connectivity index (χ2v) is 3.94. The monoisotopic (exact) mass is 228 g/mol. The number of pyridine rings is 1. The smallest absolute Gasteiger partial charge is 0.136 e. The summed E-state index contributed by atoms with van der Waals surface area (Å²) in [7, 11) is 0. The molecule has 1 heterocycles. The molecule has 0 amide bonds. The standard InChI is InChI=1S/C14H16N2O/c1-11-3-2-4-13(9-11)17-14(10-15)12-5-7-16-8-6-12/h2-9,14H,10,15H2,1H3. The fourth-order valence-corrected chi connectivity index (χ4v) is 1.68. The van der Waals surface area contributed by atoms with E-state index in [0.717, 1.165) is 11.3 Å². The minimum absolute atomic E-state index is 0.125. The molecule has 0 saturated carbocycles. The van der Waals surface area contributed by atoms with E-state index < -0.39 is 0 Å². The first-order valence-electron chi connectivity index (χ1n) is 5.63. The van der Waals surface area contributed by atoms with Crippen LogP contribution >= 0.6 is 0 Å². The zero-order valence-corrected chi connectivity index (χ0v) is 9.84. The van der Waals surface area contributed by atoms with Crippen molar-refractivity contribution in [2.24, 2.45) is 5.73 Å². The number of nitrogens with two attached hydrogens (primary N) is 1. The van der Waals surface area contributed by atoms with Gasteiger partial charge in [-0.2, -0.15) is 0 Å². The van der Waals surface area contributed by atoms with Gasteiger partial charge in [-0.15, -0.1) is 0 Å². The molecule has 0 aliphatic rings. The predicted molar refractivity (Wildman–Crippen MR) is 67.8 cm³/mol. The molecule has 1 atom stereocenters. The Bertz CT molecular complexity index is 471. The summed E-state index contributed by atoms with van der Waals surface area (Å²) < 4.78 is 5.88. The molecule has 0 radical (unpaired) electrons. The van der Waals surface area contributed by atoms with Crippen LogP contribution in [0.5, 0.6) is 5.75 Å². The highest BCUT2D eigenvalue weighted by atomic mass is 16.5. The van der Waals surface area contributed by atoms with E-state index >= 15 is 0 Å². The summed E-state index contributed by atoms with van der Waals surface area (Å²) in [5, 5.41) is 0. The van der Waals surface area contributed by atoms with Crippen molar-refractivity contribution in [3.63, 3.8) is 0 Å². The Morgan fingerprint density at radius 2 is 2.00 bits per heavy atom. The number of aromatic nitrogens is 1. The first kappa shape index (κ1) is 11.6. The van der Waals surface area contributed by atoms with Gasteiger partial charge in [-0.25, -0.2) is 0 Å². The summed E-state index contributed by atoms with van der Waals surface area (Å²) in [5.74, 6) is 0.845. The second-order valence-electron chi connectivity index (χ2n) is 3.94. The molecule has 0 bridgehead atoms. The van der Waals surface area contributed by atoms with Gasteiger partial charge < -0.3 is 10.5 Å². The summed E-state index contributed by atoms with van der Waals surface area (Å²) in [4.78, 5) is 3.99. The van der Waals surface area contributed by atoms with Crippen molar-refractivity contribution < 1.29 is 4.74 Å². The van der Waals surface area contributed by atoms with Gasteiger partial charge in [-0.3, -0.25) is 4.98 Å². The van der Waals surface area contributed by atoms with E-state index in [2.05, 4.69) is 4.98 Å². The molecule has 17 heavy (non-hydrogen) atoms. The summed E-state index contributed by atoms with van der Waals surface area (Å²) in [6.45, 7) is 2.48. The van der Waals surface area contributed by atoms with E-state index in [4.69, 9.17) is 10.5 Å². The Balaban J connectivity index is 2.16. The number of hydrogen-bond donors (Lipinski definition) is 1. The molecule has 2 rings (SSSR count). The van der Waals surface area contributed by atoms with E-state index in [0.29, 0.717) is 6.54 Å². The molecule has 0 aliphatic heterocycles. The van der Waals surface area contributed by atoms with Crippen molar-refractivity contribution >= 4 is 0 Å². The number of rotatable bonds is 4. The Hall–Kier alpha value is -1.87. The fraction of sp³-hybridized carbons (Fsp3) is 0.214. The van der Waals surface area contributed by atoms with Crippen LogP contribution in [-0.4, -0.2) is 11.5 Å². The third kappa shape index (κ3) is 3.04. The van der Waals surface area contributed by atoms with Crippen LogP contribution in [0, 0.1) is 6.92 Å². The van der Waals surface area contributed by atoms with Gasteiger partial charge in [0, 0.05) is 18.9 Å². The highest BCUT2D eigenvalue weighted by molar-refractivity contribution is 5.28. The van der Waals surface area contributed by atoms with Gasteiger partial charge in [-0.1, -0.05) is 12.1 Å².